The van der Waals surface area contributed by atoms with Gasteiger partial charge < -0.3 is 11.1 Å². The van der Waals surface area contributed by atoms with E-state index in [0.717, 1.165) is 22.7 Å². The third-order valence-electron chi connectivity index (χ3n) is 5.49. The van der Waals surface area contributed by atoms with Crippen molar-refractivity contribution >= 4 is 23.8 Å². The number of carbonyl (C=O) groups is 1. The molecule has 0 aromatic heterocycles. The average Bonchev–Trinajstić information content (AvgIpc) is 2.43. The highest BCUT2D eigenvalue weighted by Crippen LogP contribution is 2.68. The smallest absolute Gasteiger partial charge is 0.227 e. The zero-order valence-corrected chi connectivity index (χ0v) is 14.0. The fourth-order valence-electron chi connectivity index (χ4n) is 3.77. The number of amidine groups is 1. The first-order valence-electron chi connectivity index (χ1n) is 8.11. The van der Waals surface area contributed by atoms with E-state index in [9.17, 15) is 4.79 Å². The normalized spacial score (nSPS) is 27.3. The summed E-state index contributed by atoms with van der Waals surface area (Å²) in [7, 11) is 1.65. The Hall–Kier alpha value is -2.17. The van der Waals surface area contributed by atoms with Gasteiger partial charge in [0.15, 0.2) is 0 Å². The summed E-state index contributed by atoms with van der Waals surface area (Å²) in [5.41, 5.74) is 8.87. The van der Waals surface area contributed by atoms with Crippen LogP contribution >= 0.6 is 0 Å². The van der Waals surface area contributed by atoms with Crippen LogP contribution in [0.2, 0.25) is 0 Å². The molecule has 0 heterocycles. The minimum Gasteiger partial charge on any atom is -0.383 e. The SMILES string of the molecule is CN=CN=C(N)c1cc(NC(=O)[C@@H](C)C23CC(C2)C3)ccc1C. The number of anilines is 1. The molecule has 0 aliphatic heterocycles. The quantitative estimate of drug-likeness (QED) is 0.647. The van der Waals surface area contributed by atoms with E-state index in [0.29, 0.717) is 5.84 Å². The second-order valence-electron chi connectivity index (χ2n) is 6.97. The van der Waals surface area contributed by atoms with Crippen molar-refractivity contribution in [3.63, 3.8) is 0 Å². The third-order valence-corrected chi connectivity index (χ3v) is 5.49. The van der Waals surface area contributed by atoms with Crippen molar-refractivity contribution in [2.45, 2.75) is 33.1 Å². The van der Waals surface area contributed by atoms with E-state index < -0.39 is 0 Å². The van der Waals surface area contributed by atoms with Gasteiger partial charge in [-0.2, -0.15) is 0 Å². The van der Waals surface area contributed by atoms with Gasteiger partial charge in [0.1, 0.15) is 12.2 Å². The molecule has 5 heteroatoms. The van der Waals surface area contributed by atoms with Gasteiger partial charge in [0, 0.05) is 24.2 Å². The van der Waals surface area contributed by atoms with Gasteiger partial charge in [-0.1, -0.05) is 13.0 Å². The van der Waals surface area contributed by atoms with Gasteiger partial charge >= 0.3 is 0 Å². The highest BCUT2D eigenvalue weighted by Gasteiger charge is 2.60. The highest BCUT2D eigenvalue weighted by molar-refractivity contribution is 6.03. The molecule has 5 nitrogen and oxygen atoms in total. The van der Waals surface area contributed by atoms with E-state index >= 15 is 0 Å². The summed E-state index contributed by atoms with van der Waals surface area (Å²) in [6, 6.07) is 5.74. The zero-order chi connectivity index (χ0) is 16.6. The molecule has 3 aliphatic carbocycles. The lowest BCUT2D eigenvalue weighted by Crippen LogP contribution is -2.58. The van der Waals surface area contributed by atoms with Crippen molar-refractivity contribution in [2.24, 2.45) is 33.0 Å². The molecule has 1 amide bonds. The Labute approximate surface area is 137 Å². The molecule has 0 spiro atoms. The van der Waals surface area contributed by atoms with Crippen LogP contribution in [0.4, 0.5) is 5.69 Å². The maximum atomic E-state index is 12.5. The molecule has 4 rings (SSSR count). The van der Waals surface area contributed by atoms with Crippen LogP contribution in [-0.2, 0) is 4.79 Å². The van der Waals surface area contributed by atoms with Gasteiger partial charge in [-0.3, -0.25) is 9.79 Å². The summed E-state index contributed by atoms with van der Waals surface area (Å²) in [6.07, 6.45) is 5.08. The molecule has 0 saturated heterocycles. The third kappa shape index (κ3) is 2.76. The van der Waals surface area contributed by atoms with Crippen molar-refractivity contribution in [1.29, 1.82) is 0 Å². The molecular weight excluding hydrogens is 288 g/mol. The van der Waals surface area contributed by atoms with Crippen molar-refractivity contribution in [2.75, 3.05) is 12.4 Å². The molecular formula is C18H24N4O. The first kappa shape index (κ1) is 15.7. The first-order chi connectivity index (χ1) is 10.9. The van der Waals surface area contributed by atoms with Gasteiger partial charge in [-0.15, -0.1) is 0 Å². The monoisotopic (exact) mass is 312 g/mol. The molecule has 0 radical (unpaired) electrons. The molecule has 3 N–H and O–H groups in total. The van der Waals surface area contributed by atoms with Crippen molar-refractivity contribution in [3.05, 3.63) is 29.3 Å². The molecule has 3 fully saturated rings. The number of aryl methyl sites for hydroxylation is 1. The van der Waals surface area contributed by atoms with Crippen LogP contribution in [0.3, 0.4) is 0 Å². The van der Waals surface area contributed by atoms with E-state index in [1.54, 1.807) is 7.05 Å². The number of amides is 1. The number of aliphatic imine (C=N–C) groups is 2. The predicted molar refractivity (Wildman–Crippen MR) is 93.9 cm³/mol. The fraction of sp³-hybridized carbons (Fsp3) is 0.500. The predicted octanol–water partition coefficient (Wildman–Crippen LogP) is 2.73. The average molecular weight is 312 g/mol. The van der Waals surface area contributed by atoms with Crippen LogP contribution in [0.1, 0.15) is 37.3 Å². The molecule has 3 aliphatic rings. The Kier molecular flexibility index (Phi) is 3.96. The van der Waals surface area contributed by atoms with E-state index in [1.807, 2.05) is 32.0 Å². The van der Waals surface area contributed by atoms with Gasteiger partial charge in [-0.05, 0) is 55.2 Å². The van der Waals surface area contributed by atoms with Gasteiger partial charge in [0.25, 0.3) is 0 Å². The molecule has 1 aromatic carbocycles. The van der Waals surface area contributed by atoms with E-state index in [1.165, 1.54) is 25.6 Å². The number of hydrogen-bond acceptors (Lipinski definition) is 2. The Morgan fingerprint density at radius 2 is 2.13 bits per heavy atom. The van der Waals surface area contributed by atoms with Crippen LogP contribution in [0.25, 0.3) is 0 Å². The largest absolute Gasteiger partial charge is 0.383 e. The molecule has 23 heavy (non-hydrogen) atoms. The van der Waals surface area contributed by atoms with Gasteiger partial charge in [0.2, 0.25) is 5.91 Å². The van der Waals surface area contributed by atoms with Crippen LogP contribution in [-0.4, -0.2) is 25.1 Å². The molecule has 3 saturated carbocycles. The minimum atomic E-state index is 0.0653. The lowest BCUT2D eigenvalue weighted by Gasteiger charge is -2.64. The topological polar surface area (TPSA) is 79.8 Å². The van der Waals surface area contributed by atoms with Crippen LogP contribution in [0, 0.1) is 24.2 Å². The Morgan fingerprint density at radius 3 is 2.70 bits per heavy atom. The lowest BCUT2D eigenvalue weighted by atomic mass is 9.40. The van der Waals surface area contributed by atoms with Crippen LogP contribution < -0.4 is 11.1 Å². The number of carbonyl (C=O) groups excluding carboxylic acids is 1. The second kappa shape index (κ2) is 5.80. The number of nitrogens with zero attached hydrogens (tertiary/aromatic N) is 2. The second-order valence-corrected chi connectivity index (χ2v) is 6.97. The van der Waals surface area contributed by atoms with Crippen LogP contribution in [0.15, 0.2) is 28.2 Å². The number of benzene rings is 1. The maximum absolute atomic E-state index is 12.5. The minimum absolute atomic E-state index is 0.0653. The van der Waals surface area contributed by atoms with Gasteiger partial charge in [-0.25, -0.2) is 4.99 Å². The Morgan fingerprint density at radius 1 is 1.43 bits per heavy atom. The molecule has 122 valence electrons. The summed E-state index contributed by atoms with van der Waals surface area (Å²) < 4.78 is 0. The van der Waals surface area contributed by atoms with E-state index in [2.05, 4.69) is 15.3 Å². The van der Waals surface area contributed by atoms with Crippen molar-refractivity contribution in [1.82, 2.24) is 0 Å². The zero-order valence-electron chi connectivity index (χ0n) is 14.0. The Balaban J connectivity index is 1.74. The standard InChI is InChI=1S/C18H24N4O/c1-11-4-5-14(6-15(11)16(19)21-10-20-3)22-17(23)12(2)18-7-13(8-18)9-18/h4-6,10,12-13H,7-9H2,1-3H3,(H,22,23)(H2,19,20,21)/t12-,13?,18?/m1/s1. The molecule has 2 bridgehead atoms. The van der Waals surface area contributed by atoms with Gasteiger partial charge in [0.05, 0.1) is 0 Å². The summed E-state index contributed by atoms with van der Waals surface area (Å²) >= 11 is 0. The summed E-state index contributed by atoms with van der Waals surface area (Å²) in [6.45, 7) is 4.02. The van der Waals surface area contributed by atoms with Crippen molar-refractivity contribution in [3.8, 4) is 0 Å². The maximum Gasteiger partial charge on any atom is 0.227 e. The number of hydrogen-bond donors (Lipinski definition) is 2. The van der Waals surface area contributed by atoms with E-state index in [4.69, 9.17) is 5.73 Å². The number of nitrogens with one attached hydrogen (secondary N) is 1. The number of nitrogens with two attached hydrogens (primary N) is 1. The lowest BCUT2D eigenvalue weighted by molar-refractivity contribution is -0.161. The molecule has 1 aromatic rings. The summed E-state index contributed by atoms with van der Waals surface area (Å²) in [4.78, 5) is 20.4. The molecule has 0 unspecified atom stereocenters. The number of rotatable bonds is 5. The highest BCUT2D eigenvalue weighted by atomic mass is 16.1. The first-order valence-corrected chi connectivity index (χ1v) is 8.11. The van der Waals surface area contributed by atoms with Crippen LogP contribution in [0.5, 0.6) is 0 Å². The van der Waals surface area contributed by atoms with Crippen molar-refractivity contribution < 1.29 is 4.79 Å². The van der Waals surface area contributed by atoms with E-state index in [-0.39, 0.29) is 17.2 Å². The molecule has 1 atom stereocenters. The summed E-state index contributed by atoms with van der Waals surface area (Å²) in [5, 5.41) is 3.04. The Bertz CT molecular complexity index is 675. The summed E-state index contributed by atoms with van der Waals surface area (Å²) in [5.74, 6) is 1.45. The fourth-order valence-corrected chi connectivity index (χ4v) is 3.77.